The molecule has 1 unspecified atom stereocenters. The van der Waals surface area contributed by atoms with Crippen molar-refractivity contribution in [3.63, 3.8) is 0 Å². The molecule has 112 valence electrons. The average Bonchev–Trinajstić information content (AvgIpc) is 2.48. The molecule has 1 heterocycles. The number of hydrogen-bond acceptors (Lipinski definition) is 4. The molecule has 0 amide bonds. The van der Waals surface area contributed by atoms with Crippen LogP contribution in [-0.4, -0.2) is 40.0 Å². The standard InChI is InChI=1S/C15H18N2O4/c18-15(19)14-9-3-4-10-16(14)11-5-7-12-6-1-2-8-13(12)17(20)21/h1-2,5-8,14H,3-4,9-11H2,(H,18,19)/b7-5+. The van der Waals surface area contributed by atoms with Crippen LogP contribution in [0.1, 0.15) is 24.8 Å². The largest absolute Gasteiger partial charge is 0.480 e. The maximum Gasteiger partial charge on any atom is 0.320 e. The van der Waals surface area contributed by atoms with Crippen molar-refractivity contribution in [1.82, 2.24) is 4.90 Å². The smallest absolute Gasteiger partial charge is 0.320 e. The predicted molar refractivity (Wildman–Crippen MR) is 79.0 cm³/mol. The van der Waals surface area contributed by atoms with Crippen LogP contribution in [0.3, 0.4) is 0 Å². The molecule has 1 fully saturated rings. The molecule has 1 N–H and O–H groups in total. The first-order valence-corrected chi connectivity index (χ1v) is 6.96. The van der Waals surface area contributed by atoms with Gasteiger partial charge in [-0.25, -0.2) is 0 Å². The van der Waals surface area contributed by atoms with E-state index in [1.807, 2.05) is 4.90 Å². The number of carboxylic acids is 1. The maximum atomic E-state index is 11.2. The zero-order valence-electron chi connectivity index (χ0n) is 11.6. The van der Waals surface area contributed by atoms with E-state index in [9.17, 15) is 20.0 Å². The SMILES string of the molecule is O=C(O)C1CCCCN1C/C=C/c1ccccc1[N+](=O)[O-]. The number of carboxylic acid groups (broad SMARTS) is 1. The summed E-state index contributed by atoms with van der Waals surface area (Å²) in [5.41, 5.74) is 0.591. The van der Waals surface area contributed by atoms with E-state index >= 15 is 0 Å². The molecule has 1 aromatic rings. The van der Waals surface area contributed by atoms with E-state index in [2.05, 4.69) is 0 Å². The number of nitro benzene ring substituents is 1. The normalized spacial score (nSPS) is 19.7. The van der Waals surface area contributed by atoms with Gasteiger partial charge in [-0.2, -0.15) is 0 Å². The molecule has 0 spiro atoms. The van der Waals surface area contributed by atoms with E-state index in [4.69, 9.17) is 0 Å². The molecule has 6 nitrogen and oxygen atoms in total. The lowest BCUT2D eigenvalue weighted by Crippen LogP contribution is -2.44. The highest BCUT2D eigenvalue weighted by Gasteiger charge is 2.27. The van der Waals surface area contributed by atoms with Crippen LogP contribution in [0.15, 0.2) is 30.3 Å². The van der Waals surface area contributed by atoms with Crippen molar-refractivity contribution in [1.29, 1.82) is 0 Å². The number of nitro groups is 1. The van der Waals surface area contributed by atoms with Gasteiger partial charge in [-0.15, -0.1) is 0 Å². The molecular weight excluding hydrogens is 272 g/mol. The molecule has 2 rings (SSSR count). The van der Waals surface area contributed by atoms with E-state index in [-0.39, 0.29) is 5.69 Å². The first kappa shape index (κ1) is 15.2. The van der Waals surface area contributed by atoms with Gasteiger partial charge >= 0.3 is 5.97 Å². The molecule has 1 saturated heterocycles. The third-order valence-electron chi connectivity index (χ3n) is 3.67. The quantitative estimate of drug-likeness (QED) is 0.665. The van der Waals surface area contributed by atoms with Crippen molar-refractivity contribution in [2.45, 2.75) is 25.3 Å². The lowest BCUT2D eigenvalue weighted by atomic mass is 10.0. The van der Waals surface area contributed by atoms with E-state index in [0.717, 1.165) is 19.4 Å². The van der Waals surface area contributed by atoms with Crippen LogP contribution in [-0.2, 0) is 4.79 Å². The summed E-state index contributed by atoms with van der Waals surface area (Å²) in [5.74, 6) is -0.797. The Balaban J connectivity index is 2.05. The number of carbonyl (C=O) groups is 1. The Bertz CT molecular complexity index is 556. The summed E-state index contributed by atoms with van der Waals surface area (Å²) in [5, 5.41) is 20.1. The van der Waals surface area contributed by atoms with Gasteiger partial charge in [0, 0.05) is 12.6 Å². The minimum Gasteiger partial charge on any atom is -0.480 e. The molecule has 0 aliphatic carbocycles. The molecule has 1 aliphatic heterocycles. The number of para-hydroxylation sites is 1. The summed E-state index contributed by atoms with van der Waals surface area (Å²) in [6.45, 7) is 1.24. The van der Waals surface area contributed by atoms with Gasteiger partial charge in [0.25, 0.3) is 5.69 Å². The number of rotatable bonds is 5. The molecule has 0 saturated carbocycles. The summed E-state index contributed by atoms with van der Waals surface area (Å²) in [7, 11) is 0. The Morgan fingerprint density at radius 3 is 2.90 bits per heavy atom. The second kappa shape index (κ2) is 6.99. The fourth-order valence-corrected chi connectivity index (χ4v) is 2.60. The van der Waals surface area contributed by atoms with Gasteiger partial charge in [0.05, 0.1) is 10.5 Å². The molecule has 6 heteroatoms. The van der Waals surface area contributed by atoms with Crippen LogP contribution in [0.2, 0.25) is 0 Å². The first-order chi connectivity index (χ1) is 10.1. The van der Waals surface area contributed by atoms with Crippen LogP contribution in [0.4, 0.5) is 5.69 Å². The van der Waals surface area contributed by atoms with Gasteiger partial charge in [0.2, 0.25) is 0 Å². The van der Waals surface area contributed by atoms with E-state index < -0.39 is 16.9 Å². The van der Waals surface area contributed by atoms with Gasteiger partial charge in [-0.3, -0.25) is 19.8 Å². The molecule has 21 heavy (non-hydrogen) atoms. The van der Waals surface area contributed by atoms with Gasteiger partial charge in [-0.1, -0.05) is 30.7 Å². The van der Waals surface area contributed by atoms with Crippen LogP contribution < -0.4 is 0 Å². The molecule has 1 aliphatic rings. The van der Waals surface area contributed by atoms with Gasteiger partial charge in [0.1, 0.15) is 6.04 Å². The van der Waals surface area contributed by atoms with Crippen molar-refractivity contribution in [2.24, 2.45) is 0 Å². The van der Waals surface area contributed by atoms with Gasteiger partial charge < -0.3 is 5.11 Å². The van der Waals surface area contributed by atoms with Crippen molar-refractivity contribution in [3.8, 4) is 0 Å². The lowest BCUT2D eigenvalue weighted by molar-refractivity contribution is -0.385. The second-order valence-electron chi connectivity index (χ2n) is 5.06. The van der Waals surface area contributed by atoms with E-state index in [0.29, 0.717) is 18.5 Å². The summed E-state index contributed by atoms with van der Waals surface area (Å²) in [4.78, 5) is 23.6. The number of hydrogen-bond donors (Lipinski definition) is 1. The highest BCUT2D eigenvalue weighted by Crippen LogP contribution is 2.20. The maximum absolute atomic E-state index is 11.2. The fraction of sp³-hybridized carbons (Fsp3) is 0.400. The number of nitrogens with zero attached hydrogens (tertiary/aromatic N) is 2. The highest BCUT2D eigenvalue weighted by molar-refractivity contribution is 5.73. The summed E-state index contributed by atoms with van der Waals surface area (Å²) >= 11 is 0. The first-order valence-electron chi connectivity index (χ1n) is 6.96. The fourth-order valence-electron chi connectivity index (χ4n) is 2.60. The van der Waals surface area contributed by atoms with Crippen LogP contribution in [0, 0.1) is 10.1 Å². The Labute approximate surface area is 122 Å². The number of piperidine rings is 1. The van der Waals surface area contributed by atoms with Crippen molar-refractivity contribution in [3.05, 3.63) is 46.0 Å². The molecule has 1 atom stereocenters. The minimum atomic E-state index is -0.797. The third kappa shape index (κ3) is 3.88. The monoisotopic (exact) mass is 290 g/mol. The number of likely N-dealkylation sites (tertiary alicyclic amines) is 1. The van der Waals surface area contributed by atoms with Crippen LogP contribution >= 0.6 is 0 Å². The van der Waals surface area contributed by atoms with Crippen molar-refractivity contribution >= 4 is 17.7 Å². The average molecular weight is 290 g/mol. The second-order valence-corrected chi connectivity index (χ2v) is 5.06. The Morgan fingerprint density at radius 1 is 1.43 bits per heavy atom. The Morgan fingerprint density at radius 2 is 2.19 bits per heavy atom. The Kier molecular flexibility index (Phi) is 5.05. The molecule has 0 aromatic heterocycles. The van der Waals surface area contributed by atoms with Gasteiger partial charge in [0.15, 0.2) is 0 Å². The topological polar surface area (TPSA) is 83.7 Å². The van der Waals surface area contributed by atoms with Crippen LogP contribution in [0.5, 0.6) is 0 Å². The Hall–Kier alpha value is -2.21. The minimum absolute atomic E-state index is 0.0576. The number of benzene rings is 1. The van der Waals surface area contributed by atoms with Crippen molar-refractivity contribution in [2.75, 3.05) is 13.1 Å². The van der Waals surface area contributed by atoms with Crippen molar-refractivity contribution < 1.29 is 14.8 Å². The summed E-state index contributed by atoms with van der Waals surface area (Å²) in [6.07, 6.45) is 6.06. The molecule has 0 radical (unpaired) electrons. The summed E-state index contributed by atoms with van der Waals surface area (Å²) < 4.78 is 0. The molecular formula is C15H18N2O4. The van der Waals surface area contributed by atoms with E-state index in [1.165, 1.54) is 6.07 Å². The zero-order chi connectivity index (χ0) is 15.2. The number of aliphatic carboxylic acids is 1. The van der Waals surface area contributed by atoms with E-state index in [1.54, 1.807) is 30.4 Å². The summed E-state index contributed by atoms with van der Waals surface area (Å²) in [6, 6.07) is 6.06. The third-order valence-corrected chi connectivity index (χ3v) is 3.67. The highest BCUT2D eigenvalue weighted by atomic mass is 16.6. The lowest BCUT2D eigenvalue weighted by Gasteiger charge is -2.31. The zero-order valence-corrected chi connectivity index (χ0v) is 11.6. The molecule has 0 bridgehead atoms. The molecule has 1 aromatic carbocycles. The van der Waals surface area contributed by atoms with Crippen LogP contribution in [0.25, 0.3) is 6.08 Å². The predicted octanol–water partition coefficient (Wildman–Crippen LogP) is 2.55. The van der Waals surface area contributed by atoms with Gasteiger partial charge in [-0.05, 0) is 25.5 Å².